The third-order valence-electron chi connectivity index (χ3n) is 4.73. The highest BCUT2D eigenvalue weighted by atomic mass is 32.2. The van der Waals surface area contributed by atoms with E-state index in [-0.39, 0.29) is 0 Å². The van der Waals surface area contributed by atoms with Gasteiger partial charge in [0, 0.05) is 73.0 Å². The molecule has 6 aliphatic rings. The Morgan fingerprint density at radius 3 is 0.444 bits per heavy atom. The lowest BCUT2D eigenvalue weighted by atomic mass is 10.4. The molecule has 36 heavy (non-hydrogen) atoms. The first-order chi connectivity index (χ1) is 17.4. The normalized spacial score (nSPS) is 22.3. The van der Waals surface area contributed by atoms with E-state index in [1.165, 1.54) is 0 Å². The van der Waals surface area contributed by atoms with E-state index in [4.69, 9.17) is 0 Å². The summed E-state index contributed by atoms with van der Waals surface area (Å²) in [5, 5.41) is 0. The topological polar surface area (TPSA) is 102 Å². The van der Waals surface area contributed by atoms with Gasteiger partial charge in [0.25, 0.3) is 0 Å². The van der Waals surface area contributed by atoms with Crippen molar-refractivity contribution < 1.29 is 28.8 Å². The van der Waals surface area contributed by atoms with Gasteiger partial charge in [-0.25, -0.2) is 0 Å². The fourth-order valence-electron chi connectivity index (χ4n) is 2.67. The number of ketones is 6. The van der Waals surface area contributed by atoms with E-state index in [0.717, 1.165) is 108 Å². The average molecular weight is 613 g/mol. The predicted molar refractivity (Wildman–Crippen MR) is 162 cm³/mol. The molecule has 204 valence electrons. The maximum Gasteiger partial charge on any atom is 0.143 e. The van der Waals surface area contributed by atoms with E-state index >= 15 is 0 Å². The van der Waals surface area contributed by atoms with E-state index in [1.807, 2.05) is 0 Å². The van der Waals surface area contributed by atoms with Gasteiger partial charge in [0.05, 0.1) is 34.5 Å². The molecule has 0 aliphatic carbocycles. The van der Waals surface area contributed by atoms with Crippen LogP contribution in [0, 0.1) is 0 Å². The number of carbonyl (C=O) groups excluding carboxylic acids is 6. The van der Waals surface area contributed by atoms with Gasteiger partial charge in [0.1, 0.15) is 34.7 Å². The van der Waals surface area contributed by atoms with Crippen molar-refractivity contribution in [2.45, 2.75) is 38.5 Å². The molecular formula is C24H36O6S6. The Bertz CT molecular complexity index is 527. The second kappa shape index (κ2) is 23.0. The molecule has 0 aromatic carbocycles. The summed E-state index contributed by atoms with van der Waals surface area (Å²) in [5.74, 6) is 13.4. The monoisotopic (exact) mass is 612 g/mol. The van der Waals surface area contributed by atoms with Crippen molar-refractivity contribution in [1.29, 1.82) is 0 Å². The van der Waals surface area contributed by atoms with Gasteiger partial charge in [-0.05, 0) is 0 Å². The third kappa shape index (κ3) is 21.1. The summed E-state index contributed by atoms with van der Waals surface area (Å²) < 4.78 is 0. The standard InChI is InChI=1S/6C4H6OS/c6*5-4-1-2-6-3-4/h6*1-3H2. The molecule has 6 rings (SSSR count). The molecule has 6 saturated heterocycles. The average Bonchev–Trinajstić information content (AvgIpc) is 3.67. The number of rotatable bonds is 0. The van der Waals surface area contributed by atoms with Crippen LogP contribution < -0.4 is 0 Å². The molecule has 0 saturated carbocycles. The first kappa shape index (κ1) is 34.1. The molecular weight excluding hydrogens is 577 g/mol. The second-order valence-corrected chi connectivity index (χ2v) is 14.7. The quantitative estimate of drug-likeness (QED) is 0.393. The summed E-state index contributed by atoms with van der Waals surface area (Å²) in [6.45, 7) is 0. The predicted octanol–water partition coefficient (Wildman–Crippen LogP) is 4.15. The summed E-state index contributed by atoms with van der Waals surface area (Å²) in [6.07, 6.45) is 4.86. The van der Waals surface area contributed by atoms with Crippen LogP contribution >= 0.6 is 70.6 Å². The summed E-state index contributed by atoms with van der Waals surface area (Å²) in [5.41, 5.74) is 0. The zero-order valence-corrected chi connectivity index (χ0v) is 25.5. The fraction of sp³-hybridized carbons (Fsp3) is 0.750. The van der Waals surface area contributed by atoms with Crippen LogP contribution in [0.3, 0.4) is 0 Å². The highest BCUT2D eigenvalue weighted by Crippen LogP contribution is 2.14. The molecule has 0 aromatic heterocycles. The molecule has 6 fully saturated rings. The van der Waals surface area contributed by atoms with Gasteiger partial charge in [-0.15, -0.1) is 0 Å². The fourth-order valence-corrected chi connectivity index (χ4v) is 8.00. The SMILES string of the molecule is O=C1CCSC1.O=C1CCSC1.O=C1CCSC1.O=C1CCSC1.O=C1CCSC1.O=C1CCSC1. The minimum Gasteiger partial charge on any atom is -0.299 e. The first-order valence-electron chi connectivity index (χ1n) is 11.9. The Morgan fingerprint density at radius 2 is 0.417 bits per heavy atom. The Balaban J connectivity index is 0.000000216. The molecule has 0 unspecified atom stereocenters. The maximum absolute atomic E-state index is 10.2. The molecule has 0 amide bonds. The molecule has 0 aromatic rings. The largest absolute Gasteiger partial charge is 0.299 e. The van der Waals surface area contributed by atoms with Crippen molar-refractivity contribution in [3.8, 4) is 0 Å². The Hall–Kier alpha value is 0.120. The second-order valence-electron chi connectivity index (χ2n) is 8.05. The van der Waals surface area contributed by atoms with Crippen molar-refractivity contribution in [2.75, 3.05) is 69.0 Å². The summed E-state index contributed by atoms with van der Waals surface area (Å²) in [6, 6.07) is 0. The summed E-state index contributed by atoms with van der Waals surface area (Å²) in [7, 11) is 0. The van der Waals surface area contributed by atoms with Gasteiger partial charge in [0.2, 0.25) is 0 Å². The molecule has 6 aliphatic heterocycles. The first-order valence-corrected chi connectivity index (χ1v) is 18.9. The Morgan fingerprint density at radius 1 is 0.278 bits per heavy atom. The zero-order valence-electron chi connectivity index (χ0n) is 20.6. The smallest absolute Gasteiger partial charge is 0.143 e. The van der Waals surface area contributed by atoms with E-state index in [0.29, 0.717) is 34.7 Å². The van der Waals surface area contributed by atoms with Crippen molar-refractivity contribution in [3.05, 3.63) is 0 Å². The Kier molecular flexibility index (Phi) is 21.9. The van der Waals surface area contributed by atoms with Gasteiger partial charge in [-0.3, -0.25) is 28.8 Å². The molecule has 0 spiro atoms. The number of carbonyl (C=O) groups is 6. The lowest BCUT2D eigenvalue weighted by Crippen LogP contribution is -1.89. The summed E-state index contributed by atoms with van der Waals surface area (Å²) >= 11 is 10.4. The van der Waals surface area contributed by atoms with E-state index < -0.39 is 0 Å². The van der Waals surface area contributed by atoms with Gasteiger partial charge in [-0.1, -0.05) is 0 Å². The van der Waals surface area contributed by atoms with Gasteiger partial charge >= 0.3 is 0 Å². The van der Waals surface area contributed by atoms with Crippen LogP contribution in [-0.2, 0) is 28.8 Å². The Labute approximate surface area is 240 Å². The van der Waals surface area contributed by atoms with Crippen LogP contribution in [0.1, 0.15) is 38.5 Å². The molecule has 0 atom stereocenters. The van der Waals surface area contributed by atoms with Crippen LogP contribution in [0.4, 0.5) is 0 Å². The van der Waals surface area contributed by atoms with Gasteiger partial charge in [0.15, 0.2) is 0 Å². The van der Waals surface area contributed by atoms with Crippen LogP contribution in [0.15, 0.2) is 0 Å². The lowest BCUT2D eigenvalue weighted by molar-refractivity contribution is -0.116. The van der Waals surface area contributed by atoms with E-state index in [9.17, 15) is 28.8 Å². The number of hydrogen-bond acceptors (Lipinski definition) is 12. The third-order valence-corrected chi connectivity index (χ3v) is 10.8. The van der Waals surface area contributed by atoms with Crippen LogP contribution in [0.25, 0.3) is 0 Å². The highest BCUT2D eigenvalue weighted by Gasteiger charge is 2.10. The molecule has 0 radical (unpaired) electrons. The summed E-state index contributed by atoms with van der Waals surface area (Å²) in [4.78, 5) is 61.3. The van der Waals surface area contributed by atoms with Crippen molar-refractivity contribution in [3.63, 3.8) is 0 Å². The highest BCUT2D eigenvalue weighted by molar-refractivity contribution is 8.01. The lowest BCUT2D eigenvalue weighted by Gasteiger charge is -1.70. The van der Waals surface area contributed by atoms with Crippen LogP contribution in [0.5, 0.6) is 0 Å². The maximum atomic E-state index is 10.2. The number of hydrogen-bond donors (Lipinski definition) is 0. The molecule has 6 nitrogen and oxygen atoms in total. The number of thioether (sulfide) groups is 6. The van der Waals surface area contributed by atoms with Crippen LogP contribution in [-0.4, -0.2) is 104 Å². The molecule has 0 N–H and O–H groups in total. The zero-order chi connectivity index (χ0) is 26.4. The number of Topliss-reactive ketones (excluding diaryl/α,β-unsaturated/α-hetero) is 6. The van der Waals surface area contributed by atoms with Gasteiger partial charge in [-0.2, -0.15) is 70.6 Å². The van der Waals surface area contributed by atoms with Gasteiger partial charge < -0.3 is 0 Å². The minimum absolute atomic E-state index is 0.417. The molecule has 0 bridgehead atoms. The van der Waals surface area contributed by atoms with Crippen molar-refractivity contribution >= 4 is 105 Å². The van der Waals surface area contributed by atoms with E-state index in [2.05, 4.69) is 0 Å². The van der Waals surface area contributed by atoms with Crippen LogP contribution in [0.2, 0.25) is 0 Å². The van der Waals surface area contributed by atoms with E-state index in [1.54, 1.807) is 70.6 Å². The minimum atomic E-state index is 0.417. The van der Waals surface area contributed by atoms with Crippen molar-refractivity contribution in [1.82, 2.24) is 0 Å². The molecule has 6 heterocycles. The van der Waals surface area contributed by atoms with Crippen molar-refractivity contribution in [2.24, 2.45) is 0 Å². The molecule has 12 heteroatoms.